The lowest BCUT2D eigenvalue weighted by Crippen LogP contribution is -2.40. The number of aryl methyl sites for hydroxylation is 1. The van der Waals surface area contributed by atoms with Crippen molar-refractivity contribution in [3.63, 3.8) is 0 Å². The molecule has 1 spiro atoms. The highest BCUT2D eigenvalue weighted by molar-refractivity contribution is 7.10. The van der Waals surface area contributed by atoms with Gasteiger partial charge >= 0.3 is 0 Å². The molecule has 104 valence electrons. The SMILES string of the molecule is Cc1ccccc1N1C(C)c2ccsc2C12CCCC2. The molecule has 0 saturated heterocycles. The molecule has 1 fully saturated rings. The molecule has 1 aromatic carbocycles. The zero-order valence-electron chi connectivity index (χ0n) is 12.2. The van der Waals surface area contributed by atoms with Gasteiger partial charge in [0.2, 0.25) is 0 Å². The summed E-state index contributed by atoms with van der Waals surface area (Å²) in [6, 6.07) is 11.7. The Morgan fingerprint density at radius 3 is 2.65 bits per heavy atom. The Hall–Kier alpha value is -1.28. The molecule has 1 aliphatic heterocycles. The van der Waals surface area contributed by atoms with Crippen LogP contribution in [0.1, 0.15) is 54.7 Å². The van der Waals surface area contributed by atoms with Crippen molar-refractivity contribution < 1.29 is 0 Å². The van der Waals surface area contributed by atoms with Crippen molar-refractivity contribution in [3.05, 3.63) is 51.7 Å². The third-order valence-electron chi connectivity index (χ3n) is 5.22. The second-order valence-corrected chi connectivity index (χ2v) is 7.19. The molecule has 0 radical (unpaired) electrons. The standard InChI is InChI=1S/C18H21NS/c1-13-7-3-4-8-16(13)19-14(2)15-9-12-20-17(15)18(19)10-5-6-11-18/h3-4,7-9,12,14H,5-6,10-11H2,1-2H3. The second kappa shape index (κ2) is 4.36. The van der Waals surface area contributed by atoms with Crippen LogP contribution >= 0.6 is 11.3 Å². The van der Waals surface area contributed by atoms with E-state index in [1.54, 1.807) is 10.4 Å². The summed E-state index contributed by atoms with van der Waals surface area (Å²) in [7, 11) is 0. The summed E-state index contributed by atoms with van der Waals surface area (Å²) in [6.45, 7) is 4.63. The third kappa shape index (κ3) is 1.49. The summed E-state index contributed by atoms with van der Waals surface area (Å²) in [5, 5.41) is 2.29. The van der Waals surface area contributed by atoms with E-state index in [9.17, 15) is 0 Å². The number of hydrogen-bond donors (Lipinski definition) is 0. The zero-order chi connectivity index (χ0) is 13.7. The molecule has 1 nitrogen and oxygen atoms in total. The summed E-state index contributed by atoms with van der Waals surface area (Å²) in [5.41, 5.74) is 4.70. The van der Waals surface area contributed by atoms with Crippen LogP contribution < -0.4 is 4.90 Å². The fourth-order valence-electron chi connectivity index (χ4n) is 4.35. The minimum atomic E-state index is 0.287. The number of thiophene rings is 1. The average Bonchev–Trinajstić information content (AvgIpc) is 3.12. The van der Waals surface area contributed by atoms with Crippen LogP contribution in [0, 0.1) is 6.92 Å². The molecular formula is C18H21NS. The molecule has 4 rings (SSSR count). The first-order valence-electron chi connectivity index (χ1n) is 7.67. The number of nitrogens with zero attached hydrogens (tertiary/aromatic N) is 1. The first-order valence-corrected chi connectivity index (χ1v) is 8.55. The minimum absolute atomic E-state index is 0.287. The van der Waals surface area contributed by atoms with E-state index < -0.39 is 0 Å². The second-order valence-electron chi connectivity index (χ2n) is 6.28. The summed E-state index contributed by atoms with van der Waals surface area (Å²) >= 11 is 1.97. The van der Waals surface area contributed by atoms with Crippen molar-refractivity contribution in [2.24, 2.45) is 0 Å². The van der Waals surface area contributed by atoms with E-state index in [0.717, 1.165) is 0 Å². The van der Waals surface area contributed by atoms with Gasteiger partial charge in [-0.25, -0.2) is 0 Å². The molecular weight excluding hydrogens is 262 g/mol. The van der Waals surface area contributed by atoms with E-state index >= 15 is 0 Å². The van der Waals surface area contributed by atoms with E-state index in [1.807, 2.05) is 11.3 Å². The Labute approximate surface area is 125 Å². The summed E-state index contributed by atoms with van der Waals surface area (Å²) < 4.78 is 0. The lowest BCUT2D eigenvalue weighted by atomic mass is 9.94. The first kappa shape index (κ1) is 12.5. The normalized spacial score (nSPS) is 23.5. The molecule has 0 N–H and O–H groups in total. The molecule has 0 bridgehead atoms. The summed E-state index contributed by atoms with van der Waals surface area (Å²) in [6.07, 6.45) is 5.37. The summed E-state index contributed by atoms with van der Waals surface area (Å²) in [4.78, 5) is 4.38. The van der Waals surface area contributed by atoms with Gasteiger partial charge in [0.05, 0.1) is 11.6 Å². The molecule has 1 aromatic heterocycles. The third-order valence-corrected chi connectivity index (χ3v) is 6.35. The van der Waals surface area contributed by atoms with E-state index in [0.29, 0.717) is 6.04 Å². The molecule has 1 unspecified atom stereocenters. The molecule has 20 heavy (non-hydrogen) atoms. The Kier molecular flexibility index (Phi) is 2.71. The van der Waals surface area contributed by atoms with Gasteiger partial charge in [0, 0.05) is 10.6 Å². The van der Waals surface area contributed by atoms with E-state index in [2.05, 4.69) is 54.5 Å². The summed E-state index contributed by atoms with van der Waals surface area (Å²) in [5.74, 6) is 0. The minimum Gasteiger partial charge on any atom is -0.354 e. The van der Waals surface area contributed by atoms with Crippen LogP contribution in [0.5, 0.6) is 0 Å². The van der Waals surface area contributed by atoms with E-state index in [1.165, 1.54) is 36.9 Å². The average molecular weight is 283 g/mol. The van der Waals surface area contributed by atoms with Crippen molar-refractivity contribution in [1.29, 1.82) is 0 Å². The Bertz CT molecular complexity index is 636. The lowest BCUT2D eigenvalue weighted by molar-refractivity contribution is 0.421. The maximum atomic E-state index is 2.73. The molecule has 2 heteroatoms. The predicted molar refractivity (Wildman–Crippen MR) is 86.5 cm³/mol. The molecule has 2 heterocycles. The van der Waals surface area contributed by atoms with E-state index in [4.69, 9.17) is 0 Å². The van der Waals surface area contributed by atoms with Gasteiger partial charge < -0.3 is 4.90 Å². The number of para-hydroxylation sites is 1. The van der Waals surface area contributed by atoms with Crippen LogP contribution in [0.25, 0.3) is 0 Å². The van der Waals surface area contributed by atoms with Gasteiger partial charge in [-0.1, -0.05) is 31.0 Å². The Morgan fingerprint density at radius 2 is 1.90 bits per heavy atom. The molecule has 1 atom stereocenters. The van der Waals surface area contributed by atoms with Crippen molar-refractivity contribution in [2.75, 3.05) is 4.90 Å². The quantitative estimate of drug-likeness (QED) is 0.676. The number of hydrogen-bond acceptors (Lipinski definition) is 2. The van der Waals surface area contributed by atoms with Crippen LogP contribution in [-0.2, 0) is 5.54 Å². The van der Waals surface area contributed by atoms with Gasteiger partial charge in [-0.3, -0.25) is 0 Å². The lowest BCUT2D eigenvalue weighted by Gasteiger charge is -2.41. The molecule has 2 aliphatic rings. The fraction of sp³-hybridized carbons (Fsp3) is 0.444. The molecule has 0 amide bonds. The number of anilines is 1. The number of rotatable bonds is 1. The van der Waals surface area contributed by atoms with Crippen LogP contribution in [0.2, 0.25) is 0 Å². The topological polar surface area (TPSA) is 3.24 Å². The first-order chi connectivity index (χ1) is 9.74. The van der Waals surface area contributed by atoms with Gasteiger partial charge in [0.1, 0.15) is 0 Å². The largest absolute Gasteiger partial charge is 0.354 e. The molecule has 1 saturated carbocycles. The maximum Gasteiger partial charge on any atom is 0.0755 e. The van der Waals surface area contributed by atoms with Crippen LogP contribution in [0.4, 0.5) is 5.69 Å². The van der Waals surface area contributed by atoms with Crippen molar-refractivity contribution in [3.8, 4) is 0 Å². The Balaban J connectivity index is 1.91. The maximum absolute atomic E-state index is 2.73. The highest BCUT2D eigenvalue weighted by Gasteiger charge is 2.51. The Morgan fingerprint density at radius 1 is 1.15 bits per heavy atom. The zero-order valence-corrected chi connectivity index (χ0v) is 13.0. The van der Waals surface area contributed by atoms with Gasteiger partial charge in [-0.05, 0) is 55.3 Å². The smallest absolute Gasteiger partial charge is 0.0755 e. The molecule has 1 aliphatic carbocycles. The number of benzene rings is 1. The predicted octanol–water partition coefficient (Wildman–Crippen LogP) is 5.41. The number of fused-ring (bicyclic) bond motifs is 2. The van der Waals surface area contributed by atoms with Gasteiger partial charge in [0.25, 0.3) is 0 Å². The monoisotopic (exact) mass is 283 g/mol. The molecule has 2 aromatic rings. The fourth-order valence-corrected chi connectivity index (χ4v) is 5.59. The van der Waals surface area contributed by atoms with Gasteiger partial charge in [0.15, 0.2) is 0 Å². The highest BCUT2D eigenvalue weighted by atomic mass is 32.1. The van der Waals surface area contributed by atoms with Crippen LogP contribution in [-0.4, -0.2) is 0 Å². The van der Waals surface area contributed by atoms with E-state index in [-0.39, 0.29) is 5.54 Å². The van der Waals surface area contributed by atoms with Gasteiger partial charge in [-0.15, -0.1) is 11.3 Å². The van der Waals surface area contributed by atoms with Crippen molar-refractivity contribution in [2.45, 2.75) is 51.1 Å². The highest BCUT2D eigenvalue weighted by Crippen LogP contribution is 2.58. The van der Waals surface area contributed by atoms with Crippen LogP contribution in [0.3, 0.4) is 0 Å². The van der Waals surface area contributed by atoms with Crippen molar-refractivity contribution >= 4 is 17.0 Å². The van der Waals surface area contributed by atoms with Gasteiger partial charge in [-0.2, -0.15) is 0 Å². The van der Waals surface area contributed by atoms with Crippen molar-refractivity contribution in [1.82, 2.24) is 0 Å². The van der Waals surface area contributed by atoms with Crippen LogP contribution in [0.15, 0.2) is 35.7 Å².